The minimum Gasteiger partial charge on any atom is -0.496 e. The molecule has 0 radical (unpaired) electrons. The molecule has 1 aliphatic heterocycles. The van der Waals surface area contributed by atoms with Gasteiger partial charge in [0.15, 0.2) is 0 Å². The number of piperidine rings is 1. The van der Waals surface area contributed by atoms with Gasteiger partial charge in [-0.05, 0) is 24.6 Å². The molecule has 8 nitrogen and oxygen atoms in total. The first-order chi connectivity index (χ1) is 10.8. The first kappa shape index (κ1) is 17.7. The fourth-order valence-electron chi connectivity index (χ4n) is 2.58. The van der Waals surface area contributed by atoms with E-state index in [4.69, 9.17) is 15.0 Å². The fourth-order valence-corrected chi connectivity index (χ4v) is 3.12. The second-order valence-electron chi connectivity index (χ2n) is 5.46. The third kappa shape index (κ3) is 3.81. The molecule has 128 valence electrons. The first-order valence-electron chi connectivity index (χ1n) is 7.07. The summed E-state index contributed by atoms with van der Waals surface area (Å²) in [5.74, 6) is -0.499. The van der Waals surface area contributed by atoms with Crippen molar-refractivity contribution in [2.75, 3.05) is 26.8 Å². The highest BCUT2D eigenvalue weighted by Gasteiger charge is 2.31. The second-order valence-corrected chi connectivity index (χ2v) is 7.02. The van der Waals surface area contributed by atoms with Crippen LogP contribution in [-0.2, 0) is 10.0 Å². The third-order valence-corrected chi connectivity index (χ3v) is 4.88. The van der Waals surface area contributed by atoms with E-state index < -0.39 is 22.0 Å². The highest BCUT2D eigenvalue weighted by atomic mass is 32.2. The summed E-state index contributed by atoms with van der Waals surface area (Å²) < 4.78 is 28.0. The SMILES string of the molecule is COc1ccc(S(N)(=O)=O)cc1C(=O)N1CC[C@H](CO)[C@H](O)C1. The zero-order chi connectivity index (χ0) is 17.2. The lowest BCUT2D eigenvalue weighted by Gasteiger charge is -2.35. The number of ether oxygens (including phenoxy) is 1. The minimum atomic E-state index is -3.95. The van der Waals surface area contributed by atoms with Crippen LogP contribution in [0.5, 0.6) is 5.75 Å². The molecule has 0 spiro atoms. The smallest absolute Gasteiger partial charge is 0.257 e. The van der Waals surface area contributed by atoms with E-state index in [9.17, 15) is 18.3 Å². The van der Waals surface area contributed by atoms with Crippen LogP contribution in [0.25, 0.3) is 0 Å². The molecule has 1 aromatic carbocycles. The second kappa shape index (κ2) is 6.83. The summed E-state index contributed by atoms with van der Waals surface area (Å²) in [5.41, 5.74) is 0.0636. The molecule has 9 heteroatoms. The molecule has 0 aliphatic carbocycles. The van der Waals surface area contributed by atoms with Crippen molar-refractivity contribution in [3.63, 3.8) is 0 Å². The van der Waals surface area contributed by atoms with Gasteiger partial charge >= 0.3 is 0 Å². The molecule has 4 N–H and O–H groups in total. The van der Waals surface area contributed by atoms with E-state index in [2.05, 4.69) is 0 Å². The van der Waals surface area contributed by atoms with Gasteiger partial charge < -0.3 is 19.8 Å². The van der Waals surface area contributed by atoms with Crippen LogP contribution in [0.4, 0.5) is 0 Å². The van der Waals surface area contributed by atoms with Gasteiger partial charge in [-0.15, -0.1) is 0 Å². The van der Waals surface area contributed by atoms with Gasteiger partial charge in [0.25, 0.3) is 5.91 Å². The Hall–Kier alpha value is -1.68. The quantitative estimate of drug-likeness (QED) is 0.653. The van der Waals surface area contributed by atoms with Crippen molar-refractivity contribution in [3.05, 3.63) is 23.8 Å². The standard InChI is InChI=1S/C14H20N2O6S/c1-22-13-3-2-10(23(15,20)21)6-11(13)14(19)16-5-4-9(8-17)12(18)7-16/h2-3,6,9,12,17-18H,4-5,7-8H2,1H3,(H2,15,20,21)/t9-,12-/m1/s1. The molecule has 2 atom stereocenters. The van der Waals surface area contributed by atoms with Crippen LogP contribution in [-0.4, -0.2) is 62.3 Å². The van der Waals surface area contributed by atoms with E-state index in [-0.39, 0.29) is 35.3 Å². The van der Waals surface area contributed by atoms with Crippen LogP contribution in [0, 0.1) is 5.92 Å². The number of primary sulfonamides is 1. The Morgan fingerprint density at radius 1 is 1.48 bits per heavy atom. The zero-order valence-electron chi connectivity index (χ0n) is 12.7. The number of methoxy groups -OCH3 is 1. The van der Waals surface area contributed by atoms with Gasteiger partial charge in [-0.25, -0.2) is 13.6 Å². The molecule has 23 heavy (non-hydrogen) atoms. The number of hydrogen-bond donors (Lipinski definition) is 3. The summed E-state index contributed by atoms with van der Waals surface area (Å²) in [5, 5.41) is 24.2. The molecule has 1 heterocycles. The van der Waals surface area contributed by atoms with Gasteiger partial charge in [0, 0.05) is 25.6 Å². The number of likely N-dealkylation sites (tertiary alicyclic amines) is 1. The van der Waals surface area contributed by atoms with Crippen molar-refractivity contribution in [1.29, 1.82) is 0 Å². The molecule has 0 unspecified atom stereocenters. The average molecular weight is 344 g/mol. The van der Waals surface area contributed by atoms with E-state index in [1.54, 1.807) is 0 Å². The molecule has 0 saturated carbocycles. The van der Waals surface area contributed by atoms with Crippen molar-refractivity contribution < 1.29 is 28.2 Å². The lowest BCUT2D eigenvalue weighted by atomic mass is 9.94. The predicted octanol–water partition coefficient (Wildman–Crippen LogP) is -0.842. The van der Waals surface area contributed by atoms with Crippen molar-refractivity contribution in [1.82, 2.24) is 4.90 Å². The Bertz CT molecular complexity index is 691. The summed E-state index contributed by atoms with van der Waals surface area (Å²) in [7, 11) is -2.58. The monoisotopic (exact) mass is 344 g/mol. The number of nitrogens with two attached hydrogens (primary N) is 1. The van der Waals surface area contributed by atoms with E-state index in [0.29, 0.717) is 13.0 Å². The molecule has 1 amide bonds. The number of aliphatic hydroxyl groups excluding tert-OH is 2. The number of aliphatic hydroxyl groups is 2. The summed E-state index contributed by atoms with van der Waals surface area (Å²) in [4.78, 5) is 13.9. The Morgan fingerprint density at radius 2 is 2.17 bits per heavy atom. The number of rotatable bonds is 4. The highest BCUT2D eigenvalue weighted by molar-refractivity contribution is 7.89. The van der Waals surface area contributed by atoms with E-state index in [1.807, 2.05) is 0 Å². The fraction of sp³-hybridized carbons (Fsp3) is 0.500. The van der Waals surface area contributed by atoms with E-state index in [0.717, 1.165) is 0 Å². The number of benzene rings is 1. The van der Waals surface area contributed by atoms with Gasteiger partial charge in [0.05, 0.1) is 23.7 Å². The van der Waals surface area contributed by atoms with Crippen molar-refractivity contribution in [2.45, 2.75) is 17.4 Å². The normalized spacial score (nSPS) is 22.0. The number of sulfonamides is 1. The summed E-state index contributed by atoms with van der Waals surface area (Å²) in [6.07, 6.45) is -0.370. The number of amides is 1. The third-order valence-electron chi connectivity index (χ3n) is 3.97. The summed E-state index contributed by atoms with van der Waals surface area (Å²) >= 11 is 0. The molecule has 2 rings (SSSR count). The molecular weight excluding hydrogens is 324 g/mol. The minimum absolute atomic E-state index is 0.0623. The topological polar surface area (TPSA) is 130 Å². The van der Waals surface area contributed by atoms with E-state index >= 15 is 0 Å². The molecule has 0 aromatic heterocycles. The van der Waals surface area contributed by atoms with Crippen LogP contribution in [0.2, 0.25) is 0 Å². The molecule has 1 aliphatic rings. The average Bonchev–Trinajstić information content (AvgIpc) is 2.52. The lowest BCUT2D eigenvalue weighted by molar-refractivity contribution is 0.000754. The molecule has 1 aromatic rings. The van der Waals surface area contributed by atoms with Gasteiger partial charge in [0.2, 0.25) is 10.0 Å². The van der Waals surface area contributed by atoms with Crippen LogP contribution in [0.15, 0.2) is 23.1 Å². The van der Waals surface area contributed by atoms with Crippen LogP contribution < -0.4 is 9.88 Å². The van der Waals surface area contributed by atoms with Gasteiger partial charge in [-0.1, -0.05) is 0 Å². The molecule has 1 saturated heterocycles. The van der Waals surface area contributed by atoms with Crippen LogP contribution in [0.3, 0.4) is 0 Å². The lowest BCUT2D eigenvalue weighted by Crippen LogP contribution is -2.47. The maximum absolute atomic E-state index is 12.6. The maximum Gasteiger partial charge on any atom is 0.257 e. The number of β-amino-alcohol motifs (C(OH)–C–C–N with tert-alkyl or cyclic N) is 1. The summed E-state index contributed by atoms with van der Waals surface area (Å²) in [6, 6.07) is 3.79. The number of hydrogen-bond acceptors (Lipinski definition) is 6. The van der Waals surface area contributed by atoms with Gasteiger partial charge in [-0.3, -0.25) is 4.79 Å². The van der Waals surface area contributed by atoms with Crippen molar-refractivity contribution in [2.24, 2.45) is 11.1 Å². The van der Waals surface area contributed by atoms with E-state index in [1.165, 1.54) is 30.2 Å². The van der Waals surface area contributed by atoms with Gasteiger partial charge in [-0.2, -0.15) is 0 Å². The first-order valence-corrected chi connectivity index (χ1v) is 8.61. The number of carbonyl (C=O) groups excluding carboxylic acids is 1. The predicted molar refractivity (Wildman–Crippen MR) is 81.5 cm³/mol. The van der Waals surface area contributed by atoms with Crippen molar-refractivity contribution in [3.8, 4) is 5.75 Å². The Kier molecular flexibility index (Phi) is 5.25. The van der Waals surface area contributed by atoms with Gasteiger partial charge in [0.1, 0.15) is 5.75 Å². The van der Waals surface area contributed by atoms with Crippen molar-refractivity contribution >= 4 is 15.9 Å². The molecule has 1 fully saturated rings. The molecule has 0 bridgehead atoms. The number of carbonyl (C=O) groups is 1. The Morgan fingerprint density at radius 3 is 2.70 bits per heavy atom. The highest BCUT2D eigenvalue weighted by Crippen LogP contribution is 2.26. The van der Waals surface area contributed by atoms with Crippen LogP contribution >= 0.6 is 0 Å². The zero-order valence-corrected chi connectivity index (χ0v) is 13.5. The largest absolute Gasteiger partial charge is 0.496 e. The Labute approximate surface area is 134 Å². The maximum atomic E-state index is 12.6. The number of nitrogens with zero attached hydrogens (tertiary/aromatic N) is 1. The Balaban J connectivity index is 2.31. The molecular formula is C14H20N2O6S. The summed E-state index contributed by atoms with van der Waals surface area (Å²) in [6.45, 7) is 0.268. The van der Waals surface area contributed by atoms with Crippen LogP contribution in [0.1, 0.15) is 16.8 Å².